The fourth-order valence-corrected chi connectivity index (χ4v) is 2.06. The van der Waals surface area contributed by atoms with Gasteiger partial charge >= 0.3 is 0 Å². The Labute approximate surface area is 126 Å². The fourth-order valence-electron chi connectivity index (χ4n) is 2.06. The summed E-state index contributed by atoms with van der Waals surface area (Å²) < 4.78 is 0. The molecule has 0 amide bonds. The summed E-state index contributed by atoms with van der Waals surface area (Å²) in [6.07, 6.45) is 2.64. The molecule has 0 spiro atoms. The highest BCUT2D eigenvalue weighted by Crippen LogP contribution is 2.22. The molecule has 3 aromatic rings. The van der Waals surface area contributed by atoms with Gasteiger partial charge in [-0.1, -0.05) is 45.0 Å². The summed E-state index contributed by atoms with van der Waals surface area (Å²) in [5.74, 6) is 0.842. The first-order valence-corrected chi connectivity index (χ1v) is 7.42. The SMILES string of the molecule is CC.CCc1ccc(Nc2ncnc3ccccc23)cc1. The van der Waals surface area contributed by atoms with Crippen LogP contribution in [0.3, 0.4) is 0 Å². The zero-order valence-corrected chi connectivity index (χ0v) is 12.8. The maximum atomic E-state index is 4.32. The molecular formula is C18H21N3. The third kappa shape index (κ3) is 3.57. The van der Waals surface area contributed by atoms with Gasteiger partial charge in [-0.05, 0) is 36.2 Å². The van der Waals surface area contributed by atoms with Crippen LogP contribution >= 0.6 is 0 Å². The maximum Gasteiger partial charge on any atom is 0.141 e. The average molecular weight is 279 g/mol. The fraction of sp³-hybridized carbons (Fsp3) is 0.222. The topological polar surface area (TPSA) is 37.8 Å². The minimum Gasteiger partial charge on any atom is -0.340 e. The number of nitrogens with zero attached hydrogens (tertiary/aromatic N) is 2. The third-order valence-electron chi connectivity index (χ3n) is 3.17. The first-order valence-electron chi connectivity index (χ1n) is 7.42. The highest BCUT2D eigenvalue weighted by Gasteiger charge is 2.02. The smallest absolute Gasteiger partial charge is 0.141 e. The Bertz CT molecular complexity index is 685. The van der Waals surface area contributed by atoms with E-state index in [1.807, 2.05) is 38.1 Å². The Morgan fingerprint density at radius 2 is 1.62 bits per heavy atom. The van der Waals surface area contributed by atoms with Gasteiger partial charge in [0.05, 0.1) is 5.52 Å². The first kappa shape index (κ1) is 15.0. The van der Waals surface area contributed by atoms with Crippen molar-refractivity contribution in [3.05, 3.63) is 60.4 Å². The molecule has 0 fully saturated rings. The molecule has 0 aliphatic heterocycles. The van der Waals surface area contributed by atoms with E-state index in [2.05, 4.69) is 46.5 Å². The number of para-hydroxylation sites is 1. The van der Waals surface area contributed by atoms with Crippen LogP contribution in [-0.2, 0) is 6.42 Å². The van der Waals surface area contributed by atoms with E-state index in [1.165, 1.54) is 5.56 Å². The summed E-state index contributed by atoms with van der Waals surface area (Å²) in [4.78, 5) is 8.58. The molecule has 0 aliphatic carbocycles. The van der Waals surface area contributed by atoms with Crippen LogP contribution in [0.5, 0.6) is 0 Å². The molecule has 2 aromatic carbocycles. The van der Waals surface area contributed by atoms with Gasteiger partial charge in [0, 0.05) is 11.1 Å². The van der Waals surface area contributed by atoms with Crippen molar-refractivity contribution < 1.29 is 0 Å². The minimum atomic E-state index is 0.842. The van der Waals surface area contributed by atoms with Crippen molar-refractivity contribution in [1.29, 1.82) is 0 Å². The third-order valence-corrected chi connectivity index (χ3v) is 3.17. The predicted molar refractivity (Wildman–Crippen MR) is 90.0 cm³/mol. The second-order valence-electron chi connectivity index (χ2n) is 4.41. The molecule has 1 aromatic heterocycles. The van der Waals surface area contributed by atoms with Crippen molar-refractivity contribution >= 4 is 22.4 Å². The van der Waals surface area contributed by atoms with Crippen molar-refractivity contribution in [2.24, 2.45) is 0 Å². The summed E-state index contributed by atoms with van der Waals surface area (Å²) >= 11 is 0. The van der Waals surface area contributed by atoms with E-state index in [-0.39, 0.29) is 0 Å². The zero-order chi connectivity index (χ0) is 15.1. The van der Waals surface area contributed by atoms with E-state index in [4.69, 9.17) is 0 Å². The van der Waals surface area contributed by atoms with Crippen LogP contribution in [0.4, 0.5) is 11.5 Å². The van der Waals surface area contributed by atoms with Crippen LogP contribution < -0.4 is 5.32 Å². The molecule has 1 heterocycles. The van der Waals surface area contributed by atoms with Crippen molar-refractivity contribution in [1.82, 2.24) is 9.97 Å². The van der Waals surface area contributed by atoms with Crippen LogP contribution in [-0.4, -0.2) is 9.97 Å². The molecule has 0 radical (unpaired) electrons. The molecule has 3 rings (SSSR count). The minimum absolute atomic E-state index is 0.842. The van der Waals surface area contributed by atoms with Gasteiger partial charge in [-0.15, -0.1) is 0 Å². The number of fused-ring (bicyclic) bond motifs is 1. The quantitative estimate of drug-likeness (QED) is 0.736. The molecule has 0 aliphatic rings. The lowest BCUT2D eigenvalue weighted by atomic mass is 10.1. The van der Waals surface area contributed by atoms with Crippen LogP contribution in [0, 0.1) is 0 Å². The predicted octanol–water partition coefficient (Wildman–Crippen LogP) is 4.96. The van der Waals surface area contributed by atoms with Gasteiger partial charge in [-0.2, -0.15) is 0 Å². The van der Waals surface area contributed by atoms with Gasteiger partial charge in [-0.3, -0.25) is 0 Å². The summed E-state index contributed by atoms with van der Waals surface area (Å²) in [5, 5.41) is 4.38. The molecule has 0 atom stereocenters. The lowest BCUT2D eigenvalue weighted by molar-refractivity contribution is 1.14. The second kappa shape index (κ2) is 7.39. The standard InChI is InChI=1S/C16H15N3.C2H6/c1-2-12-7-9-13(10-8-12)19-16-14-5-3-4-6-15(14)17-11-18-16;1-2/h3-11H,2H2,1H3,(H,17,18,19);1-2H3. The summed E-state index contributed by atoms with van der Waals surface area (Å²) in [6, 6.07) is 16.4. The maximum absolute atomic E-state index is 4.32. The molecule has 0 bridgehead atoms. The van der Waals surface area contributed by atoms with Crippen LogP contribution in [0.15, 0.2) is 54.9 Å². The van der Waals surface area contributed by atoms with Crippen molar-refractivity contribution in [2.45, 2.75) is 27.2 Å². The average Bonchev–Trinajstić information content (AvgIpc) is 2.58. The molecule has 0 saturated carbocycles. The summed E-state index contributed by atoms with van der Waals surface area (Å²) in [6.45, 7) is 6.15. The monoisotopic (exact) mass is 279 g/mol. The Hall–Kier alpha value is -2.42. The van der Waals surface area contributed by atoms with Gasteiger partial charge in [0.25, 0.3) is 0 Å². The Morgan fingerprint density at radius 1 is 0.905 bits per heavy atom. The van der Waals surface area contributed by atoms with E-state index < -0.39 is 0 Å². The molecule has 0 saturated heterocycles. The van der Waals surface area contributed by atoms with E-state index in [0.717, 1.165) is 28.8 Å². The van der Waals surface area contributed by atoms with Gasteiger partial charge in [-0.25, -0.2) is 9.97 Å². The lowest BCUT2D eigenvalue weighted by Crippen LogP contribution is -1.96. The highest BCUT2D eigenvalue weighted by molar-refractivity contribution is 5.90. The second-order valence-corrected chi connectivity index (χ2v) is 4.41. The zero-order valence-electron chi connectivity index (χ0n) is 12.8. The van der Waals surface area contributed by atoms with E-state index >= 15 is 0 Å². The van der Waals surface area contributed by atoms with E-state index in [9.17, 15) is 0 Å². The first-order chi connectivity index (χ1) is 10.4. The molecule has 21 heavy (non-hydrogen) atoms. The number of aryl methyl sites for hydroxylation is 1. The van der Waals surface area contributed by atoms with E-state index in [1.54, 1.807) is 6.33 Å². The largest absolute Gasteiger partial charge is 0.340 e. The van der Waals surface area contributed by atoms with Crippen molar-refractivity contribution in [2.75, 3.05) is 5.32 Å². The highest BCUT2D eigenvalue weighted by atomic mass is 15.0. The van der Waals surface area contributed by atoms with Crippen molar-refractivity contribution in [3.63, 3.8) is 0 Å². The lowest BCUT2D eigenvalue weighted by Gasteiger charge is -2.08. The summed E-state index contributed by atoms with van der Waals surface area (Å²) in [5.41, 5.74) is 3.32. The number of aromatic nitrogens is 2. The number of nitrogens with one attached hydrogen (secondary N) is 1. The van der Waals surface area contributed by atoms with Crippen LogP contribution in [0.25, 0.3) is 10.9 Å². The molecule has 3 heteroatoms. The number of hydrogen-bond acceptors (Lipinski definition) is 3. The van der Waals surface area contributed by atoms with E-state index in [0.29, 0.717) is 0 Å². The number of benzene rings is 2. The van der Waals surface area contributed by atoms with Crippen LogP contribution in [0.1, 0.15) is 26.3 Å². The van der Waals surface area contributed by atoms with Gasteiger partial charge < -0.3 is 5.32 Å². The molecular weight excluding hydrogens is 258 g/mol. The molecule has 1 N–H and O–H groups in total. The van der Waals surface area contributed by atoms with Gasteiger partial charge in [0.2, 0.25) is 0 Å². The number of anilines is 2. The van der Waals surface area contributed by atoms with Crippen molar-refractivity contribution in [3.8, 4) is 0 Å². The normalized spacial score (nSPS) is 9.86. The van der Waals surface area contributed by atoms with Crippen LogP contribution in [0.2, 0.25) is 0 Å². The molecule has 0 unspecified atom stereocenters. The molecule has 108 valence electrons. The molecule has 3 nitrogen and oxygen atoms in total. The Morgan fingerprint density at radius 3 is 2.33 bits per heavy atom. The number of hydrogen-bond donors (Lipinski definition) is 1. The number of rotatable bonds is 3. The van der Waals surface area contributed by atoms with Gasteiger partial charge in [0.15, 0.2) is 0 Å². The summed E-state index contributed by atoms with van der Waals surface area (Å²) in [7, 11) is 0. The Balaban J connectivity index is 0.000000774. The Kier molecular flexibility index (Phi) is 5.27. The van der Waals surface area contributed by atoms with Gasteiger partial charge in [0.1, 0.15) is 12.1 Å².